The molecule has 2 unspecified atom stereocenters. The van der Waals surface area contributed by atoms with Gasteiger partial charge < -0.3 is 9.31 Å². The predicted molar refractivity (Wildman–Crippen MR) is 102 cm³/mol. The number of aromatic nitrogens is 1. The molecule has 2 saturated heterocycles. The standard InChI is InChI=1S/C19H26BNO2S/c1-18(2)19(3,4)23-20(22-18)15-8-14(11-21-12-15)13-9-16-6-5-7-17(10-13)24-16/h8-9,11-12,16-17H,5-7,10H2,1-4H3. The Morgan fingerprint density at radius 1 is 1.12 bits per heavy atom. The van der Waals surface area contributed by atoms with E-state index in [4.69, 9.17) is 9.31 Å². The Labute approximate surface area is 149 Å². The van der Waals surface area contributed by atoms with Crippen molar-refractivity contribution >= 4 is 29.9 Å². The van der Waals surface area contributed by atoms with Crippen molar-refractivity contribution in [3.8, 4) is 0 Å². The average Bonchev–Trinajstić information content (AvgIpc) is 2.75. The molecule has 5 heteroatoms. The third-order valence-corrected chi connectivity index (χ3v) is 7.38. The zero-order valence-corrected chi connectivity index (χ0v) is 15.9. The number of rotatable bonds is 2. The van der Waals surface area contributed by atoms with Crippen LogP contribution in [0.4, 0.5) is 0 Å². The monoisotopic (exact) mass is 343 g/mol. The zero-order valence-electron chi connectivity index (χ0n) is 15.0. The molecule has 1 aromatic heterocycles. The van der Waals surface area contributed by atoms with Gasteiger partial charge in [0.1, 0.15) is 0 Å². The van der Waals surface area contributed by atoms with Crippen molar-refractivity contribution in [1.82, 2.24) is 4.98 Å². The molecule has 0 spiro atoms. The van der Waals surface area contributed by atoms with Crippen LogP contribution in [0.2, 0.25) is 0 Å². The predicted octanol–water partition coefficient (Wildman–Crippen LogP) is 3.82. The summed E-state index contributed by atoms with van der Waals surface area (Å²) in [6.45, 7) is 8.36. The molecule has 4 heterocycles. The fraction of sp³-hybridized carbons (Fsp3) is 0.632. The third-order valence-electron chi connectivity index (χ3n) is 5.87. The summed E-state index contributed by atoms with van der Waals surface area (Å²) in [5.41, 5.74) is 3.08. The maximum Gasteiger partial charge on any atom is 0.496 e. The molecule has 128 valence electrons. The van der Waals surface area contributed by atoms with E-state index in [1.165, 1.54) is 30.4 Å². The van der Waals surface area contributed by atoms with Gasteiger partial charge in [0.2, 0.25) is 0 Å². The first-order valence-electron chi connectivity index (χ1n) is 9.01. The molecule has 1 aromatic rings. The molecule has 0 saturated carbocycles. The smallest absolute Gasteiger partial charge is 0.399 e. The van der Waals surface area contributed by atoms with E-state index in [1.54, 1.807) is 0 Å². The van der Waals surface area contributed by atoms with Gasteiger partial charge in [-0.2, -0.15) is 11.8 Å². The van der Waals surface area contributed by atoms with E-state index < -0.39 is 0 Å². The van der Waals surface area contributed by atoms with Crippen molar-refractivity contribution in [3.63, 3.8) is 0 Å². The van der Waals surface area contributed by atoms with Gasteiger partial charge in [0, 0.05) is 28.4 Å². The molecule has 3 aliphatic heterocycles. The molecule has 2 atom stereocenters. The van der Waals surface area contributed by atoms with Crippen molar-refractivity contribution in [1.29, 1.82) is 0 Å². The van der Waals surface area contributed by atoms with Gasteiger partial charge in [-0.1, -0.05) is 18.6 Å². The van der Waals surface area contributed by atoms with Gasteiger partial charge in [-0.3, -0.25) is 4.98 Å². The van der Waals surface area contributed by atoms with Gasteiger partial charge in [-0.05, 0) is 58.1 Å². The van der Waals surface area contributed by atoms with E-state index in [0.717, 1.165) is 17.1 Å². The third kappa shape index (κ3) is 2.95. The second-order valence-corrected chi connectivity index (χ2v) is 9.76. The first-order valence-corrected chi connectivity index (χ1v) is 9.95. The van der Waals surface area contributed by atoms with Gasteiger partial charge in [0.15, 0.2) is 0 Å². The Kier molecular flexibility index (Phi) is 4.09. The Bertz CT molecular complexity index is 657. The molecular weight excluding hydrogens is 317 g/mol. The second kappa shape index (κ2) is 5.89. The van der Waals surface area contributed by atoms with Crippen LogP contribution in [0.3, 0.4) is 0 Å². The molecule has 0 amide bonds. The Morgan fingerprint density at radius 2 is 1.88 bits per heavy atom. The summed E-state index contributed by atoms with van der Waals surface area (Å²) < 4.78 is 12.4. The van der Waals surface area contributed by atoms with E-state index in [0.29, 0.717) is 5.25 Å². The largest absolute Gasteiger partial charge is 0.496 e. The fourth-order valence-electron chi connectivity index (χ4n) is 3.70. The lowest BCUT2D eigenvalue weighted by molar-refractivity contribution is 0.00578. The molecule has 0 aliphatic carbocycles. The SMILES string of the molecule is CC1(C)OB(c2cncc(C3=CC4CCCC(C3)S4)c2)OC1(C)C. The van der Waals surface area contributed by atoms with Crippen molar-refractivity contribution in [2.24, 2.45) is 0 Å². The van der Waals surface area contributed by atoms with Gasteiger partial charge in [0.05, 0.1) is 11.2 Å². The maximum absolute atomic E-state index is 6.18. The Morgan fingerprint density at radius 3 is 2.58 bits per heavy atom. The Hall–Kier alpha value is -0.775. The van der Waals surface area contributed by atoms with Crippen LogP contribution in [0.5, 0.6) is 0 Å². The molecule has 0 radical (unpaired) electrons. The lowest BCUT2D eigenvalue weighted by Crippen LogP contribution is -2.41. The molecule has 24 heavy (non-hydrogen) atoms. The van der Waals surface area contributed by atoms with Crippen LogP contribution >= 0.6 is 11.8 Å². The molecule has 0 N–H and O–H groups in total. The molecular formula is C19H26BNO2S. The number of hydrogen-bond acceptors (Lipinski definition) is 4. The van der Waals surface area contributed by atoms with Gasteiger partial charge in [-0.25, -0.2) is 0 Å². The number of pyridine rings is 1. The van der Waals surface area contributed by atoms with Crippen molar-refractivity contribution in [2.75, 3.05) is 0 Å². The summed E-state index contributed by atoms with van der Waals surface area (Å²) in [6.07, 6.45) is 11.5. The minimum atomic E-state index is -0.333. The van der Waals surface area contributed by atoms with Crippen LogP contribution in [0.25, 0.3) is 5.57 Å². The van der Waals surface area contributed by atoms with Crippen LogP contribution < -0.4 is 5.46 Å². The summed E-state index contributed by atoms with van der Waals surface area (Å²) in [4.78, 5) is 4.49. The molecule has 4 rings (SSSR count). The highest BCUT2D eigenvalue weighted by Crippen LogP contribution is 2.43. The number of hydrogen-bond donors (Lipinski definition) is 0. The Balaban J connectivity index is 1.60. The lowest BCUT2D eigenvalue weighted by atomic mass is 9.79. The summed E-state index contributed by atoms with van der Waals surface area (Å²) in [6, 6.07) is 2.21. The van der Waals surface area contributed by atoms with E-state index in [1.807, 2.05) is 12.4 Å². The maximum atomic E-state index is 6.18. The van der Waals surface area contributed by atoms with Crippen molar-refractivity contribution in [2.45, 2.75) is 75.1 Å². The highest BCUT2D eigenvalue weighted by Gasteiger charge is 2.51. The quantitative estimate of drug-likeness (QED) is 0.764. The molecule has 2 fully saturated rings. The van der Waals surface area contributed by atoms with Gasteiger partial charge >= 0.3 is 7.12 Å². The topological polar surface area (TPSA) is 31.4 Å². The minimum absolute atomic E-state index is 0.314. The first-order chi connectivity index (χ1) is 11.3. The van der Waals surface area contributed by atoms with Crippen LogP contribution in [0, 0.1) is 0 Å². The first kappa shape index (κ1) is 16.7. The highest BCUT2D eigenvalue weighted by atomic mass is 32.2. The van der Waals surface area contributed by atoms with Crippen LogP contribution in [-0.4, -0.2) is 33.8 Å². The number of thioether (sulfide) groups is 1. The summed E-state index contributed by atoms with van der Waals surface area (Å²) in [5.74, 6) is 0. The zero-order chi connectivity index (χ0) is 16.9. The molecule has 0 aromatic carbocycles. The number of fused-ring (bicyclic) bond motifs is 2. The van der Waals surface area contributed by atoms with Crippen LogP contribution in [0.1, 0.15) is 58.9 Å². The second-order valence-electron chi connectivity index (χ2n) is 8.22. The van der Waals surface area contributed by atoms with E-state index in [-0.39, 0.29) is 18.3 Å². The summed E-state index contributed by atoms with van der Waals surface area (Å²) in [7, 11) is -0.333. The highest BCUT2D eigenvalue weighted by molar-refractivity contribution is 8.00. The van der Waals surface area contributed by atoms with Crippen LogP contribution in [-0.2, 0) is 9.31 Å². The minimum Gasteiger partial charge on any atom is -0.399 e. The van der Waals surface area contributed by atoms with Crippen LogP contribution in [0.15, 0.2) is 24.5 Å². The summed E-state index contributed by atoms with van der Waals surface area (Å²) >= 11 is 2.15. The number of allylic oxidation sites excluding steroid dienone is 1. The van der Waals surface area contributed by atoms with Crippen molar-refractivity contribution in [3.05, 3.63) is 30.1 Å². The lowest BCUT2D eigenvalue weighted by Gasteiger charge is -2.33. The van der Waals surface area contributed by atoms with E-state index >= 15 is 0 Å². The van der Waals surface area contributed by atoms with E-state index in [2.05, 4.69) is 56.6 Å². The summed E-state index contributed by atoms with van der Waals surface area (Å²) in [5, 5.41) is 1.47. The molecule has 2 bridgehead atoms. The van der Waals surface area contributed by atoms with E-state index in [9.17, 15) is 0 Å². The van der Waals surface area contributed by atoms with Gasteiger partial charge in [-0.15, -0.1) is 0 Å². The van der Waals surface area contributed by atoms with Gasteiger partial charge in [0.25, 0.3) is 0 Å². The fourth-order valence-corrected chi connectivity index (χ4v) is 5.31. The molecule has 3 nitrogen and oxygen atoms in total. The molecule has 3 aliphatic rings. The average molecular weight is 343 g/mol. The number of nitrogens with zero attached hydrogens (tertiary/aromatic N) is 1. The van der Waals surface area contributed by atoms with Crippen molar-refractivity contribution < 1.29 is 9.31 Å². The normalized spacial score (nSPS) is 31.0.